The van der Waals surface area contributed by atoms with Gasteiger partial charge in [0.15, 0.2) is 0 Å². The van der Waals surface area contributed by atoms with Crippen LogP contribution in [0.15, 0.2) is 96.2 Å². The van der Waals surface area contributed by atoms with Gasteiger partial charge in [-0.2, -0.15) is 0 Å². The van der Waals surface area contributed by atoms with Crippen LogP contribution in [0, 0.1) is 0 Å². The molecule has 0 atom stereocenters. The lowest BCUT2D eigenvalue weighted by Crippen LogP contribution is -1.88. The van der Waals surface area contributed by atoms with Crippen molar-refractivity contribution in [1.82, 2.24) is 0 Å². The zero-order valence-electron chi connectivity index (χ0n) is 11.9. The highest BCUT2D eigenvalue weighted by Gasteiger charge is 2.12. The topological polar surface area (TPSA) is 0 Å². The van der Waals surface area contributed by atoms with Gasteiger partial charge in [-0.15, -0.1) is 0 Å². The van der Waals surface area contributed by atoms with Crippen molar-refractivity contribution < 1.29 is 0 Å². The largest absolute Gasteiger partial charge is 0.0990 e. The summed E-state index contributed by atoms with van der Waals surface area (Å²) in [4.78, 5) is 0. The van der Waals surface area contributed by atoms with Crippen molar-refractivity contribution in [2.24, 2.45) is 0 Å². The first-order chi connectivity index (χ1) is 9.26. The Hall–Kier alpha value is -2.08. The minimum Gasteiger partial charge on any atom is -0.0990 e. The zero-order valence-corrected chi connectivity index (χ0v) is 11.9. The standard InChI is InChI=1S/C19H22/c1-5-9-12-16(8-4)18-13-14-19(15-18)17(10-6-2)11-7-3/h5-14H,2,4,15H2,1,3H3/b9-5-,11-7-,16-12+,17-10+. The molecule has 0 nitrogen and oxygen atoms in total. The molecule has 1 aliphatic carbocycles. The summed E-state index contributed by atoms with van der Waals surface area (Å²) in [6, 6.07) is 0. The van der Waals surface area contributed by atoms with Gasteiger partial charge in [0.05, 0.1) is 0 Å². The lowest BCUT2D eigenvalue weighted by Gasteiger charge is -2.07. The molecule has 1 aliphatic rings. The van der Waals surface area contributed by atoms with Crippen LogP contribution in [0.3, 0.4) is 0 Å². The van der Waals surface area contributed by atoms with Gasteiger partial charge in [0, 0.05) is 0 Å². The maximum absolute atomic E-state index is 3.89. The monoisotopic (exact) mass is 250 g/mol. The second-order valence-electron chi connectivity index (χ2n) is 4.27. The molecular formula is C19H22. The highest BCUT2D eigenvalue weighted by Crippen LogP contribution is 2.30. The average Bonchev–Trinajstić information content (AvgIpc) is 2.89. The third kappa shape index (κ3) is 4.26. The van der Waals surface area contributed by atoms with E-state index in [-0.39, 0.29) is 0 Å². The molecule has 0 aromatic rings. The number of rotatable bonds is 6. The minimum absolute atomic E-state index is 0.944. The van der Waals surface area contributed by atoms with E-state index < -0.39 is 0 Å². The normalized spacial score (nSPS) is 16.9. The molecule has 0 heterocycles. The zero-order chi connectivity index (χ0) is 14.1. The third-order valence-corrected chi connectivity index (χ3v) is 2.94. The van der Waals surface area contributed by atoms with Gasteiger partial charge < -0.3 is 0 Å². The third-order valence-electron chi connectivity index (χ3n) is 2.94. The van der Waals surface area contributed by atoms with Gasteiger partial charge in [0.2, 0.25) is 0 Å². The lowest BCUT2D eigenvalue weighted by molar-refractivity contribution is 1.19. The lowest BCUT2D eigenvalue weighted by atomic mass is 9.98. The molecule has 19 heavy (non-hydrogen) atoms. The summed E-state index contributed by atoms with van der Waals surface area (Å²) in [5.74, 6) is 0. The van der Waals surface area contributed by atoms with Crippen molar-refractivity contribution in [3.05, 3.63) is 96.2 Å². The summed E-state index contributed by atoms with van der Waals surface area (Å²) in [7, 11) is 0. The maximum atomic E-state index is 3.89. The summed E-state index contributed by atoms with van der Waals surface area (Å²) in [5, 5.41) is 0. The van der Waals surface area contributed by atoms with Crippen molar-refractivity contribution in [2.45, 2.75) is 20.3 Å². The molecule has 0 aromatic heterocycles. The van der Waals surface area contributed by atoms with E-state index in [0.717, 1.165) is 6.42 Å². The smallest absolute Gasteiger partial charge is 0.00139 e. The summed E-state index contributed by atoms with van der Waals surface area (Å²) in [6.45, 7) is 11.7. The fourth-order valence-corrected chi connectivity index (χ4v) is 2.00. The molecule has 0 bridgehead atoms. The summed E-state index contributed by atoms with van der Waals surface area (Å²) in [6.07, 6.45) is 21.4. The van der Waals surface area contributed by atoms with E-state index in [1.165, 1.54) is 22.3 Å². The molecule has 0 saturated heterocycles. The summed E-state index contributed by atoms with van der Waals surface area (Å²) >= 11 is 0. The molecule has 1 rings (SSSR count). The van der Waals surface area contributed by atoms with Gasteiger partial charge in [-0.3, -0.25) is 0 Å². The fourth-order valence-electron chi connectivity index (χ4n) is 2.00. The molecule has 0 radical (unpaired) electrons. The van der Waals surface area contributed by atoms with E-state index in [0.29, 0.717) is 0 Å². The van der Waals surface area contributed by atoms with Crippen LogP contribution >= 0.6 is 0 Å². The van der Waals surface area contributed by atoms with E-state index in [9.17, 15) is 0 Å². The summed E-state index contributed by atoms with van der Waals surface area (Å²) in [5.41, 5.74) is 5.03. The van der Waals surface area contributed by atoms with Crippen LogP contribution in [-0.4, -0.2) is 0 Å². The Morgan fingerprint density at radius 3 is 2.21 bits per heavy atom. The molecule has 0 N–H and O–H groups in total. The number of allylic oxidation sites excluding steroid dienone is 14. The number of hydrogen-bond acceptors (Lipinski definition) is 0. The Labute approximate surface area is 117 Å². The predicted molar refractivity (Wildman–Crippen MR) is 87.0 cm³/mol. The van der Waals surface area contributed by atoms with Crippen molar-refractivity contribution >= 4 is 0 Å². The van der Waals surface area contributed by atoms with E-state index in [1.54, 1.807) is 0 Å². The van der Waals surface area contributed by atoms with Gasteiger partial charge in [-0.25, -0.2) is 0 Å². The van der Waals surface area contributed by atoms with E-state index in [1.807, 2.05) is 44.2 Å². The summed E-state index contributed by atoms with van der Waals surface area (Å²) < 4.78 is 0. The molecule has 0 fully saturated rings. The van der Waals surface area contributed by atoms with Crippen LogP contribution in [0.5, 0.6) is 0 Å². The van der Waals surface area contributed by atoms with E-state index in [2.05, 4.69) is 43.5 Å². The Balaban J connectivity index is 2.88. The van der Waals surface area contributed by atoms with E-state index >= 15 is 0 Å². The van der Waals surface area contributed by atoms with Crippen molar-refractivity contribution in [1.29, 1.82) is 0 Å². The second kappa shape index (κ2) is 8.10. The average molecular weight is 250 g/mol. The Kier molecular flexibility index (Phi) is 6.38. The first kappa shape index (κ1) is 15.0. The highest BCUT2D eigenvalue weighted by atomic mass is 14.2. The van der Waals surface area contributed by atoms with Gasteiger partial charge in [-0.1, -0.05) is 73.9 Å². The van der Waals surface area contributed by atoms with Gasteiger partial charge in [-0.05, 0) is 42.6 Å². The van der Waals surface area contributed by atoms with Gasteiger partial charge >= 0.3 is 0 Å². The first-order valence-corrected chi connectivity index (χ1v) is 6.58. The Morgan fingerprint density at radius 2 is 1.68 bits per heavy atom. The van der Waals surface area contributed by atoms with Crippen LogP contribution in [0.4, 0.5) is 0 Å². The predicted octanol–water partition coefficient (Wildman–Crippen LogP) is 5.62. The second-order valence-corrected chi connectivity index (χ2v) is 4.27. The molecule has 0 spiro atoms. The van der Waals surface area contributed by atoms with Crippen LogP contribution in [0.2, 0.25) is 0 Å². The molecule has 98 valence electrons. The van der Waals surface area contributed by atoms with Crippen LogP contribution in [0.25, 0.3) is 0 Å². The maximum Gasteiger partial charge on any atom is -0.00139 e. The van der Waals surface area contributed by atoms with Crippen LogP contribution < -0.4 is 0 Å². The first-order valence-electron chi connectivity index (χ1n) is 6.58. The van der Waals surface area contributed by atoms with Crippen molar-refractivity contribution in [2.75, 3.05) is 0 Å². The molecule has 0 heteroatoms. The fraction of sp³-hybridized carbons (Fsp3) is 0.158. The Morgan fingerprint density at radius 1 is 1.00 bits per heavy atom. The quantitative estimate of drug-likeness (QED) is 0.537. The highest BCUT2D eigenvalue weighted by molar-refractivity contribution is 5.55. The molecule has 0 aromatic carbocycles. The molecule has 0 unspecified atom stereocenters. The van der Waals surface area contributed by atoms with Crippen molar-refractivity contribution in [3.63, 3.8) is 0 Å². The van der Waals surface area contributed by atoms with E-state index in [4.69, 9.17) is 0 Å². The minimum atomic E-state index is 0.944. The molecule has 0 amide bonds. The molecule has 0 saturated carbocycles. The van der Waals surface area contributed by atoms with Gasteiger partial charge in [0.1, 0.15) is 0 Å². The number of hydrogen-bond donors (Lipinski definition) is 0. The SMILES string of the molecule is C=C/C=C(\C=C/C)C1=CC=C(/C(C=C)=C/C=C\C)C1. The van der Waals surface area contributed by atoms with Crippen LogP contribution in [-0.2, 0) is 0 Å². The van der Waals surface area contributed by atoms with Crippen LogP contribution in [0.1, 0.15) is 20.3 Å². The molecule has 0 aliphatic heterocycles. The van der Waals surface area contributed by atoms with Crippen molar-refractivity contribution in [3.8, 4) is 0 Å². The van der Waals surface area contributed by atoms with Gasteiger partial charge in [0.25, 0.3) is 0 Å². The Bertz CT molecular complexity index is 514. The molecular weight excluding hydrogens is 228 g/mol.